The molecule has 1 atom stereocenters. The lowest BCUT2D eigenvalue weighted by Crippen LogP contribution is -2.49. The minimum Gasteiger partial charge on any atom is -0.392 e. The van der Waals surface area contributed by atoms with Crippen molar-refractivity contribution in [3.8, 4) is 6.07 Å². The molecule has 0 amide bonds. The third-order valence-electron chi connectivity index (χ3n) is 3.67. The summed E-state index contributed by atoms with van der Waals surface area (Å²) < 4.78 is 0. The van der Waals surface area contributed by atoms with Crippen LogP contribution in [0.1, 0.15) is 18.7 Å². The second-order valence-corrected chi connectivity index (χ2v) is 6.26. The Morgan fingerprint density at radius 1 is 1.37 bits per heavy atom. The average molecular weight is 279 g/mol. The number of hydrogen-bond donors (Lipinski definition) is 1. The second kappa shape index (κ2) is 6.38. The molecule has 0 radical (unpaired) electrons. The summed E-state index contributed by atoms with van der Waals surface area (Å²) in [5.74, 6) is 0.306. The van der Waals surface area contributed by atoms with Crippen molar-refractivity contribution in [2.45, 2.75) is 20.0 Å². The fourth-order valence-electron chi connectivity index (χ4n) is 2.28. The SMILES string of the molecule is CC(C)[C@@H](O)CN1CCN(c2ccsc2C#N)CC1. The first kappa shape index (κ1) is 14.3. The molecule has 0 spiro atoms. The van der Waals surface area contributed by atoms with E-state index in [0.717, 1.165) is 43.3 Å². The van der Waals surface area contributed by atoms with E-state index in [1.807, 2.05) is 25.3 Å². The van der Waals surface area contributed by atoms with Gasteiger partial charge in [-0.1, -0.05) is 13.8 Å². The molecule has 0 aliphatic carbocycles. The third-order valence-corrected chi connectivity index (χ3v) is 4.48. The molecule has 1 fully saturated rings. The van der Waals surface area contributed by atoms with Crippen molar-refractivity contribution in [2.24, 2.45) is 5.92 Å². The van der Waals surface area contributed by atoms with Crippen molar-refractivity contribution in [1.82, 2.24) is 4.90 Å². The Hall–Kier alpha value is -1.09. The van der Waals surface area contributed by atoms with Gasteiger partial charge in [0, 0.05) is 32.7 Å². The van der Waals surface area contributed by atoms with Crippen LogP contribution in [0.2, 0.25) is 0 Å². The number of hydrogen-bond acceptors (Lipinski definition) is 5. The molecule has 1 aromatic rings. The van der Waals surface area contributed by atoms with E-state index < -0.39 is 0 Å². The van der Waals surface area contributed by atoms with Gasteiger partial charge in [0.05, 0.1) is 11.8 Å². The van der Waals surface area contributed by atoms with E-state index in [4.69, 9.17) is 5.26 Å². The van der Waals surface area contributed by atoms with E-state index in [2.05, 4.69) is 15.9 Å². The summed E-state index contributed by atoms with van der Waals surface area (Å²) in [5.41, 5.74) is 1.07. The lowest BCUT2D eigenvalue weighted by Gasteiger charge is -2.37. The van der Waals surface area contributed by atoms with Crippen LogP contribution < -0.4 is 4.90 Å². The van der Waals surface area contributed by atoms with Gasteiger partial charge in [-0.2, -0.15) is 5.26 Å². The number of aliphatic hydroxyl groups excluding tert-OH is 1. The number of β-amino-alcohol motifs (C(OH)–C–C–N with tert-alkyl or cyclic N) is 1. The van der Waals surface area contributed by atoms with Gasteiger partial charge in [-0.05, 0) is 17.4 Å². The third kappa shape index (κ3) is 3.47. The smallest absolute Gasteiger partial charge is 0.128 e. The maximum absolute atomic E-state index is 9.91. The first-order chi connectivity index (χ1) is 9.11. The number of aliphatic hydroxyl groups is 1. The summed E-state index contributed by atoms with van der Waals surface area (Å²) in [6, 6.07) is 4.28. The molecular weight excluding hydrogens is 258 g/mol. The van der Waals surface area contributed by atoms with Crippen LogP contribution in [0.15, 0.2) is 11.4 Å². The van der Waals surface area contributed by atoms with E-state index in [9.17, 15) is 5.11 Å². The van der Waals surface area contributed by atoms with Gasteiger partial charge >= 0.3 is 0 Å². The Labute approximate surface area is 118 Å². The Balaban J connectivity index is 1.88. The van der Waals surface area contributed by atoms with Gasteiger partial charge in [-0.25, -0.2) is 0 Å². The molecule has 1 aliphatic heterocycles. The normalized spacial score (nSPS) is 18.6. The molecular formula is C14H21N3OS. The molecule has 5 heteroatoms. The van der Waals surface area contributed by atoms with Crippen molar-refractivity contribution in [3.05, 3.63) is 16.3 Å². The van der Waals surface area contributed by atoms with E-state index in [1.54, 1.807) is 0 Å². The molecule has 104 valence electrons. The molecule has 19 heavy (non-hydrogen) atoms. The maximum atomic E-state index is 9.91. The number of nitriles is 1. The second-order valence-electron chi connectivity index (χ2n) is 5.35. The minimum atomic E-state index is -0.248. The standard InChI is InChI=1S/C14H21N3OS/c1-11(2)13(18)10-16-4-6-17(7-5-16)12-3-8-19-14(12)9-15/h3,8,11,13,18H,4-7,10H2,1-2H3/t13-/m0/s1. The Bertz CT molecular complexity index is 444. The van der Waals surface area contributed by atoms with Gasteiger partial charge in [-0.15, -0.1) is 11.3 Å². The zero-order valence-corrected chi connectivity index (χ0v) is 12.4. The van der Waals surface area contributed by atoms with Crippen LogP contribution in [-0.4, -0.2) is 48.8 Å². The van der Waals surface area contributed by atoms with Gasteiger partial charge < -0.3 is 10.0 Å². The Kier molecular flexibility index (Phi) is 4.81. The topological polar surface area (TPSA) is 50.5 Å². The number of anilines is 1. The first-order valence-electron chi connectivity index (χ1n) is 6.74. The van der Waals surface area contributed by atoms with E-state index in [-0.39, 0.29) is 6.10 Å². The van der Waals surface area contributed by atoms with Crippen LogP contribution in [0.25, 0.3) is 0 Å². The van der Waals surface area contributed by atoms with Crippen LogP contribution >= 0.6 is 11.3 Å². The van der Waals surface area contributed by atoms with E-state index in [1.165, 1.54) is 11.3 Å². The molecule has 0 aromatic carbocycles. The molecule has 1 aliphatic rings. The van der Waals surface area contributed by atoms with Crippen LogP contribution in [0.5, 0.6) is 0 Å². The van der Waals surface area contributed by atoms with Gasteiger partial charge in [0.1, 0.15) is 10.9 Å². The number of piperazine rings is 1. The molecule has 1 saturated heterocycles. The fraction of sp³-hybridized carbons (Fsp3) is 0.643. The predicted molar refractivity (Wildman–Crippen MR) is 78.5 cm³/mol. The van der Waals surface area contributed by atoms with Crippen LogP contribution in [0.4, 0.5) is 5.69 Å². The number of thiophene rings is 1. The minimum absolute atomic E-state index is 0.248. The molecule has 2 heterocycles. The molecule has 2 rings (SSSR count). The monoisotopic (exact) mass is 279 g/mol. The maximum Gasteiger partial charge on any atom is 0.128 e. The molecule has 0 unspecified atom stereocenters. The van der Waals surface area contributed by atoms with Crippen LogP contribution in [-0.2, 0) is 0 Å². The molecule has 1 aromatic heterocycles. The van der Waals surface area contributed by atoms with E-state index in [0.29, 0.717) is 5.92 Å². The van der Waals surface area contributed by atoms with E-state index >= 15 is 0 Å². The highest BCUT2D eigenvalue weighted by Crippen LogP contribution is 2.26. The van der Waals surface area contributed by atoms with Gasteiger partial charge in [0.2, 0.25) is 0 Å². The molecule has 0 saturated carbocycles. The Morgan fingerprint density at radius 2 is 2.05 bits per heavy atom. The first-order valence-corrected chi connectivity index (χ1v) is 7.62. The van der Waals surface area contributed by atoms with Crippen molar-refractivity contribution in [1.29, 1.82) is 5.26 Å². The largest absolute Gasteiger partial charge is 0.392 e. The van der Waals surface area contributed by atoms with Crippen molar-refractivity contribution in [3.63, 3.8) is 0 Å². The Morgan fingerprint density at radius 3 is 2.63 bits per heavy atom. The number of nitrogens with zero attached hydrogens (tertiary/aromatic N) is 3. The molecule has 4 nitrogen and oxygen atoms in total. The predicted octanol–water partition coefficient (Wildman–Crippen LogP) is 1.76. The molecule has 0 bridgehead atoms. The highest BCUT2D eigenvalue weighted by Gasteiger charge is 2.22. The summed E-state index contributed by atoms with van der Waals surface area (Å²) in [6.45, 7) is 8.60. The van der Waals surface area contributed by atoms with Gasteiger partial charge in [0.25, 0.3) is 0 Å². The molecule has 1 N–H and O–H groups in total. The lowest BCUT2D eigenvalue weighted by molar-refractivity contribution is 0.0739. The highest BCUT2D eigenvalue weighted by molar-refractivity contribution is 7.11. The average Bonchev–Trinajstić information content (AvgIpc) is 2.87. The van der Waals surface area contributed by atoms with Crippen LogP contribution in [0, 0.1) is 17.2 Å². The zero-order valence-electron chi connectivity index (χ0n) is 11.5. The van der Waals surface area contributed by atoms with Crippen molar-refractivity contribution in [2.75, 3.05) is 37.6 Å². The van der Waals surface area contributed by atoms with Crippen molar-refractivity contribution < 1.29 is 5.11 Å². The van der Waals surface area contributed by atoms with Gasteiger partial charge in [0.15, 0.2) is 0 Å². The summed E-state index contributed by atoms with van der Waals surface area (Å²) in [6.07, 6.45) is -0.248. The summed E-state index contributed by atoms with van der Waals surface area (Å²) >= 11 is 1.50. The highest BCUT2D eigenvalue weighted by atomic mass is 32.1. The number of rotatable bonds is 4. The zero-order chi connectivity index (χ0) is 13.8. The fourth-order valence-corrected chi connectivity index (χ4v) is 2.99. The quantitative estimate of drug-likeness (QED) is 0.912. The van der Waals surface area contributed by atoms with Gasteiger partial charge in [-0.3, -0.25) is 4.90 Å². The van der Waals surface area contributed by atoms with Crippen LogP contribution in [0.3, 0.4) is 0 Å². The van der Waals surface area contributed by atoms with Crippen molar-refractivity contribution >= 4 is 17.0 Å². The summed E-state index contributed by atoms with van der Waals surface area (Å²) in [7, 11) is 0. The lowest BCUT2D eigenvalue weighted by atomic mass is 10.1. The summed E-state index contributed by atoms with van der Waals surface area (Å²) in [5, 5.41) is 20.9. The summed E-state index contributed by atoms with van der Waals surface area (Å²) in [4.78, 5) is 5.38.